The predicted octanol–water partition coefficient (Wildman–Crippen LogP) is 1.35. The van der Waals surface area contributed by atoms with Gasteiger partial charge in [0.1, 0.15) is 18.0 Å². The van der Waals surface area contributed by atoms with E-state index in [0.29, 0.717) is 13.0 Å². The van der Waals surface area contributed by atoms with Crippen LogP contribution in [0.4, 0.5) is 4.79 Å². The number of hydrogen-bond donors (Lipinski definition) is 3. The zero-order valence-electron chi connectivity index (χ0n) is 14.1. The average Bonchev–Trinajstić information content (AvgIpc) is 3.18. The van der Waals surface area contributed by atoms with E-state index in [4.69, 9.17) is 4.74 Å². The first-order valence-electron chi connectivity index (χ1n) is 8.87. The molecule has 0 radical (unpaired) electrons. The summed E-state index contributed by atoms with van der Waals surface area (Å²) in [5.74, 6) is 0.750. The fourth-order valence-corrected chi connectivity index (χ4v) is 3.81. The van der Waals surface area contributed by atoms with E-state index in [1.54, 1.807) is 0 Å². The number of rotatable bonds is 5. The maximum atomic E-state index is 12.0. The highest BCUT2D eigenvalue weighted by molar-refractivity contribution is 5.74. The summed E-state index contributed by atoms with van der Waals surface area (Å²) in [5.41, 5.74) is 0. The minimum Gasteiger partial charge on any atom is -0.488 e. The predicted molar refractivity (Wildman–Crippen MR) is 92.1 cm³/mol. The number of hydrogen-bond acceptors (Lipinski definition) is 4. The second-order valence-electron chi connectivity index (χ2n) is 6.54. The highest BCUT2D eigenvalue weighted by atomic mass is 16.5. The van der Waals surface area contributed by atoms with E-state index >= 15 is 0 Å². The summed E-state index contributed by atoms with van der Waals surface area (Å²) in [4.78, 5) is 14.3. The molecule has 1 aromatic rings. The minimum absolute atomic E-state index is 0.0937. The number of urea groups is 1. The van der Waals surface area contributed by atoms with E-state index < -0.39 is 6.10 Å². The SMILES string of the molecule is CCNC(=O)N[C@@H]1C[C@@H](Oc2ccccc2)[C@H](O)[C@H]1N1CCCC1. The smallest absolute Gasteiger partial charge is 0.315 e. The van der Waals surface area contributed by atoms with Gasteiger partial charge in [-0.3, -0.25) is 4.90 Å². The third kappa shape index (κ3) is 3.82. The lowest BCUT2D eigenvalue weighted by molar-refractivity contribution is 0.0143. The Morgan fingerprint density at radius 2 is 2.00 bits per heavy atom. The Bertz CT molecular complexity index is 534. The molecule has 0 unspecified atom stereocenters. The number of nitrogens with one attached hydrogen (secondary N) is 2. The Morgan fingerprint density at radius 1 is 1.29 bits per heavy atom. The standard InChI is InChI=1S/C18H27N3O3/c1-2-19-18(23)20-14-12-15(24-13-8-4-3-5-9-13)17(22)16(14)21-10-6-7-11-21/h3-5,8-9,14-17,22H,2,6-7,10-12H2,1H3,(H2,19,20,23)/t14-,15-,16+,17+/m1/s1. The molecule has 24 heavy (non-hydrogen) atoms. The molecule has 1 aromatic carbocycles. The summed E-state index contributed by atoms with van der Waals surface area (Å²) < 4.78 is 6.00. The number of nitrogens with zero attached hydrogens (tertiary/aromatic N) is 1. The number of carbonyl (C=O) groups is 1. The zero-order chi connectivity index (χ0) is 16.9. The van der Waals surface area contributed by atoms with Crippen LogP contribution in [0.5, 0.6) is 5.75 Å². The molecule has 3 rings (SSSR count). The summed E-state index contributed by atoms with van der Waals surface area (Å²) in [6.45, 7) is 4.41. The fraction of sp³-hybridized carbons (Fsp3) is 0.611. The Hall–Kier alpha value is -1.79. The Balaban J connectivity index is 1.71. The molecule has 0 spiro atoms. The van der Waals surface area contributed by atoms with Crippen molar-refractivity contribution in [1.29, 1.82) is 0 Å². The van der Waals surface area contributed by atoms with Crippen molar-refractivity contribution in [3.63, 3.8) is 0 Å². The maximum absolute atomic E-state index is 12.0. The van der Waals surface area contributed by atoms with Gasteiger partial charge in [0.25, 0.3) is 0 Å². The molecule has 0 aromatic heterocycles. The van der Waals surface area contributed by atoms with Gasteiger partial charge in [-0.15, -0.1) is 0 Å². The van der Waals surface area contributed by atoms with Gasteiger partial charge < -0.3 is 20.5 Å². The van der Waals surface area contributed by atoms with Gasteiger partial charge in [-0.25, -0.2) is 4.79 Å². The first-order chi connectivity index (χ1) is 11.7. The molecule has 1 aliphatic carbocycles. The van der Waals surface area contributed by atoms with E-state index in [9.17, 15) is 9.90 Å². The number of benzene rings is 1. The molecule has 0 bridgehead atoms. The lowest BCUT2D eigenvalue weighted by Crippen LogP contribution is -2.54. The lowest BCUT2D eigenvalue weighted by atomic mass is 10.1. The van der Waals surface area contributed by atoms with Crippen molar-refractivity contribution in [2.24, 2.45) is 0 Å². The molecule has 2 amide bonds. The molecule has 4 atom stereocenters. The van der Waals surface area contributed by atoms with Crippen LogP contribution in [-0.2, 0) is 0 Å². The van der Waals surface area contributed by atoms with Gasteiger partial charge in [0, 0.05) is 13.0 Å². The molecule has 1 saturated carbocycles. The van der Waals surface area contributed by atoms with E-state index in [0.717, 1.165) is 31.7 Å². The number of aliphatic hydroxyl groups excluding tert-OH is 1. The topological polar surface area (TPSA) is 73.8 Å². The molecule has 3 N–H and O–H groups in total. The van der Waals surface area contributed by atoms with Crippen LogP contribution in [0.2, 0.25) is 0 Å². The molecule has 2 aliphatic rings. The number of carbonyl (C=O) groups excluding carboxylic acids is 1. The number of amides is 2. The van der Waals surface area contributed by atoms with Crippen molar-refractivity contribution in [1.82, 2.24) is 15.5 Å². The zero-order valence-corrected chi connectivity index (χ0v) is 14.1. The van der Waals surface area contributed by atoms with E-state index in [-0.39, 0.29) is 24.2 Å². The van der Waals surface area contributed by atoms with Gasteiger partial charge in [-0.05, 0) is 45.0 Å². The van der Waals surface area contributed by atoms with Gasteiger partial charge in [0.2, 0.25) is 0 Å². The van der Waals surface area contributed by atoms with Crippen LogP contribution in [0.1, 0.15) is 26.2 Å². The van der Waals surface area contributed by atoms with Gasteiger partial charge in [0.15, 0.2) is 0 Å². The molecule has 1 heterocycles. The number of ether oxygens (including phenoxy) is 1. The summed E-state index contributed by atoms with van der Waals surface area (Å²) in [7, 11) is 0. The highest BCUT2D eigenvalue weighted by Crippen LogP contribution is 2.31. The van der Waals surface area contributed by atoms with Crippen molar-refractivity contribution in [3.8, 4) is 5.75 Å². The summed E-state index contributed by atoms with van der Waals surface area (Å²) in [5, 5.41) is 16.6. The Kier molecular flexibility index (Phi) is 5.58. The molecule has 1 saturated heterocycles. The van der Waals surface area contributed by atoms with Gasteiger partial charge in [-0.2, -0.15) is 0 Å². The normalized spacial score (nSPS) is 30.2. The van der Waals surface area contributed by atoms with Crippen molar-refractivity contribution >= 4 is 6.03 Å². The quantitative estimate of drug-likeness (QED) is 0.760. The largest absolute Gasteiger partial charge is 0.488 e. The van der Waals surface area contributed by atoms with Crippen LogP contribution in [0.3, 0.4) is 0 Å². The van der Waals surface area contributed by atoms with Crippen molar-refractivity contribution < 1.29 is 14.6 Å². The van der Waals surface area contributed by atoms with E-state index in [1.165, 1.54) is 0 Å². The van der Waals surface area contributed by atoms with E-state index in [2.05, 4.69) is 15.5 Å². The van der Waals surface area contributed by atoms with Crippen LogP contribution in [0, 0.1) is 0 Å². The van der Waals surface area contributed by atoms with Gasteiger partial charge in [-0.1, -0.05) is 18.2 Å². The molecule has 6 heteroatoms. The third-order valence-corrected chi connectivity index (χ3v) is 4.88. The van der Waals surface area contributed by atoms with Gasteiger partial charge >= 0.3 is 6.03 Å². The third-order valence-electron chi connectivity index (χ3n) is 4.88. The van der Waals surface area contributed by atoms with Crippen LogP contribution in [0.25, 0.3) is 0 Å². The Labute approximate surface area is 143 Å². The average molecular weight is 333 g/mol. The molecule has 2 fully saturated rings. The minimum atomic E-state index is -0.616. The summed E-state index contributed by atoms with van der Waals surface area (Å²) in [6, 6.07) is 9.16. The molecular weight excluding hydrogens is 306 g/mol. The number of likely N-dealkylation sites (tertiary alicyclic amines) is 1. The Morgan fingerprint density at radius 3 is 2.67 bits per heavy atom. The highest BCUT2D eigenvalue weighted by Gasteiger charge is 2.47. The van der Waals surface area contributed by atoms with Crippen molar-refractivity contribution in [3.05, 3.63) is 30.3 Å². The second-order valence-corrected chi connectivity index (χ2v) is 6.54. The summed E-state index contributed by atoms with van der Waals surface area (Å²) >= 11 is 0. The van der Waals surface area contributed by atoms with Crippen LogP contribution >= 0.6 is 0 Å². The van der Waals surface area contributed by atoms with E-state index in [1.807, 2.05) is 37.3 Å². The van der Waals surface area contributed by atoms with Crippen molar-refractivity contribution in [2.45, 2.75) is 50.5 Å². The first kappa shape index (κ1) is 17.0. The van der Waals surface area contributed by atoms with Crippen LogP contribution in [0.15, 0.2) is 30.3 Å². The second kappa shape index (κ2) is 7.85. The van der Waals surface area contributed by atoms with Crippen LogP contribution in [-0.4, -0.2) is 60.0 Å². The molecule has 1 aliphatic heterocycles. The monoisotopic (exact) mass is 333 g/mol. The molecular formula is C18H27N3O3. The van der Waals surface area contributed by atoms with Gasteiger partial charge in [0.05, 0.1) is 12.1 Å². The lowest BCUT2D eigenvalue weighted by Gasteiger charge is -2.31. The van der Waals surface area contributed by atoms with Crippen LogP contribution < -0.4 is 15.4 Å². The first-order valence-corrected chi connectivity index (χ1v) is 8.87. The number of aliphatic hydroxyl groups is 1. The molecule has 132 valence electrons. The number of para-hydroxylation sites is 1. The summed E-state index contributed by atoms with van der Waals surface area (Å²) in [6.07, 6.45) is 1.96. The maximum Gasteiger partial charge on any atom is 0.315 e. The van der Waals surface area contributed by atoms with Crippen molar-refractivity contribution in [2.75, 3.05) is 19.6 Å². The molecule has 6 nitrogen and oxygen atoms in total. The fourth-order valence-electron chi connectivity index (χ4n) is 3.81.